The Kier molecular flexibility index (Phi) is 1.82. The minimum atomic E-state index is -0.502. The van der Waals surface area contributed by atoms with Gasteiger partial charge in [0.15, 0.2) is 0 Å². The van der Waals surface area contributed by atoms with Crippen molar-refractivity contribution >= 4 is 11.8 Å². The summed E-state index contributed by atoms with van der Waals surface area (Å²) in [7, 11) is 0. The van der Waals surface area contributed by atoms with Crippen LogP contribution in [0.25, 0.3) is 0 Å². The van der Waals surface area contributed by atoms with E-state index in [1.165, 1.54) is 6.42 Å². The normalized spacial score (nSPS) is 68.3. The highest BCUT2D eigenvalue weighted by molar-refractivity contribution is 5.97. The van der Waals surface area contributed by atoms with Crippen molar-refractivity contribution in [2.24, 2.45) is 40.4 Å². The summed E-state index contributed by atoms with van der Waals surface area (Å²) in [4.78, 5) is 25.5. The van der Waals surface area contributed by atoms with Gasteiger partial charge in [-0.05, 0) is 50.4 Å². The zero-order valence-corrected chi connectivity index (χ0v) is 14.0. The van der Waals surface area contributed by atoms with Crippen molar-refractivity contribution in [2.75, 3.05) is 0 Å². The van der Waals surface area contributed by atoms with E-state index in [0.717, 1.165) is 0 Å². The third kappa shape index (κ3) is 0.937. The Hall–Kier alpha value is -1.16. The predicted molar refractivity (Wildman–Crippen MR) is 80.2 cm³/mol. The van der Waals surface area contributed by atoms with E-state index in [0.29, 0.717) is 29.1 Å². The van der Waals surface area contributed by atoms with Crippen LogP contribution in [0.3, 0.4) is 0 Å². The topological polar surface area (TPSA) is 52.6 Å². The summed E-state index contributed by atoms with van der Waals surface area (Å²) in [5, 5.41) is 0. The van der Waals surface area contributed by atoms with Gasteiger partial charge in [0, 0.05) is 11.8 Å². The van der Waals surface area contributed by atoms with Crippen molar-refractivity contribution in [1.82, 2.24) is 0 Å². The van der Waals surface area contributed by atoms with Crippen molar-refractivity contribution in [3.8, 4) is 0 Å². The van der Waals surface area contributed by atoms with Gasteiger partial charge in [-0.1, -0.05) is 13.0 Å². The fraction of sp³-hybridized carbons (Fsp3) is 0.789. The lowest BCUT2D eigenvalue weighted by molar-refractivity contribution is -0.166. The molecule has 0 amide bonds. The van der Waals surface area contributed by atoms with Crippen LogP contribution in [0.5, 0.6) is 0 Å². The highest BCUT2D eigenvalue weighted by Gasteiger charge is 2.93. The van der Waals surface area contributed by atoms with E-state index >= 15 is 0 Å². The van der Waals surface area contributed by atoms with Crippen LogP contribution in [0, 0.1) is 40.4 Å². The molecule has 4 saturated carbocycles. The maximum absolute atomic E-state index is 13.3. The van der Waals surface area contributed by atoms with Gasteiger partial charge in [0.25, 0.3) is 0 Å². The largest absolute Gasteiger partial charge is 0.455 e. The number of hydrogen-bond acceptors (Lipinski definition) is 4. The van der Waals surface area contributed by atoms with E-state index in [4.69, 9.17) is 9.47 Å². The van der Waals surface area contributed by atoms with E-state index in [1.54, 1.807) is 0 Å². The molecular weight excluding hydrogens is 292 g/mol. The third-order valence-corrected chi connectivity index (χ3v) is 8.89. The molecule has 4 bridgehead atoms. The van der Waals surface area contributed by atoms with Crippen LogP contribution < -0.4 is 0 Å². The number of esters is 1. The smallest absolute Gasteiger partial charge is 0.336 e. The summed E-state index contributed by atoms with van der Waals surface area (Å²) in [6.07, 6.45) is 2.53. The molecule has 0 aromatic rings. The molecule has 0 aromatic carbocycles. The Morgan fingerprint density at radius 1 is 1.13 bits per heavy atom. The molecule has 0 spiro atoms. The van der Waals surface area contributed by atoms with Gasteiger partial charge >= 0.3 is 5.97 Å². The van der Waals surface area contributed by atoms with Crippen molar-refractivity contribution in [3.05, 3.63) is 11.6 Å². The lowest BCUT2D eigenvalue weighted by atomic mass is 9.58. The van der Waals surface area contributed by atoms with Gasteiger partial charge < -0.3 is 9.47 Å². The van der Waals surface area contributed by atoms with E-state index in [2.05, 4.69) is 20.8 Å². The molecule has 10 atom stereocenters. The highest BCUT2D eigenvalue weighted by Crippen LogP contribution is 2.88. The molecular formula is C19H22O4. The van der Waals surface area contributed by atoms with Crippen molar-refractivity contribution in [3.63, 3.8) is 0 Å². The average molecular weight is 314 g/mol. The first-order chi connectivity index (χ1) is 10.8. The molecule has 2 aliphatic heterocycles. The number of Topliss-reactive ketones (excluding diaryl/α,β-unsaturated/α-hetero) is 1. The number of carbonyl (C=O) groups is 2. The molecule has 122 valence electrons. The first-order valence-corrected chi connectivity index (χ1v) is 8.91. The zero-order chi connectivity index (χ0) is 16.1. The second kappa shape index (κ2) is 3.17. The number of fused-ring (bicyclic) bond motifs is 6. The molecule has 0 N–H and O–H groups in total. The summed E-state index contributed by atoms with van der Waals surface area (Å²) < 4.78 is 12.3. The Morgan fingerprint density at radius 2 is 1.87 bits per heavy atom. The van der Waals surface area contributed by atoms with E-state index < -0.39 is 11.0 Å². The zero-order valence-electron chi connectivity index (χ0n) is 14.0. The minimum Gasteiger partial charge on any atom is -0.455 e. The highest BCUT2D eigenvalue weighted by atomic mass is 16.6. The summed E-state index contributed by atoms with van der Waals surface area (Å²) in [6.45, 7) is 8.42. The number of carbonyl (C=O) groups excluding carboxylic acids is 2. The Labute approximate surface area is 135 Å². The molecule has 23 heavy (non-hydrogen) atoms. The molecule has 2 heterocycles. The van der Waals surface area contributed by atoms with Crippen LogP contribution in [0.4, 0.5) is 0 Å². The maximum Gasteiger partial charge on any atom is 0.336 e. The van der Waals surface area contributed by atoms with Crippen LogP contribution in [-0.4, -0.2) is 29.6 Å². The quantitative estimate of drug-likeness (QED) is 0.508. The predicted octanol–water partition coefficient (Wildman–Crippen LogP) is 2.12. The third-order valence-electron chi connectivity index (χ3n) is 8.89. The van der Waals surface area contributed by atoms with Gasteiger partial charge in [-0.3, -0.25) is 4.79 Å². The van der Waals surface area contributed by atoms with E-state index in [-0.39, 0.29) is 35.4 Å². The minimum absolute atomic E-state index is 0.0585. The monoisotopic (exact) mass is 314 g/mol. The second-order valence-corrected chi connectivity index (χ2v) is 9.19. The molecule has 4 aliphatic carbocycles. The van der Waals surface area contributed by atoms with Gasteiger partial charge in [0.2, 0.25) is 0 Å². The van der Waals surface area contributed by atoms with Gasteiger partial charge in [-0.15, -0.1) is 0 Å². The Morgan fingerprint density at radius 3 is 2.57 bits per heavy atom. The fourth-order valence-electron chi connectivity index (χ4n) is 8.31. The SMILES string of the molecule is C/C=C1/C(=O)O[C@H]2[C@@H]1O[C@]1(C)[C@H]2[C@]2(C)[C@H]3[C@H]4C[C@H]4[C@@H]2C(=O)[C@]31C. The van der Waals surface area contributed by atoms with Crippen LogP contribution in [0.2, 0.25) is 0 Å². The van der Waals surface area contributed by atoms with Gasteiger partial charge in [0.05, 0.1) is 16.6 Å². The van der Waals surface area contributed by atoms with Crippen molar-refractivity contribution in [2.45, 2.75) is 51.9 Å². The number of allylic oxidation sites excluding steroid dienone is 1. The summed E-state index contributed by atoms with van der Waals surface area (Å²) >= 11 is 0. The van der Waals surface area contributed by atoms with E-state index in [9.17, 15) is 9.59 Å². The Balaban J connectivity index is 1.58. The number of ether oxygens (including phenoxy) is 2. The fourth-order valence-corrected chi connectivity index (χ4v) is 8.31. The molecule has 0 aromatic heterocycles. The molecule has 4 heteroatoms. The van der Waals surface area contributed by atoms with Crippen molar-refractivity contribution in [1.29, 1.82) is 0 Å². The number of rotatable bonds is 0. The van der Waals surface area contributed by atoms with Crippen LogP contribution in [0.15, 0.2) is 11.6 Å². The summed E-state index contributed by atoms with van der Waals surface area (Å²) in [6, 6.07) is 0. The van der Waals surface area contributed by atoms with Gasteiger partial charge in [0.1, 0.15) is 18.0 Å². The molecule has 4 nitrogen and oxygen atoms in total. The summed E-state index contributed by atoms with van der Waals surface area (Å²) in [5.41, 5.74) is -0.332. The standard InChI is InChI=1S/C19H22O4/c1-5-7-11-12(22-16(7)21)14-17(2)10-8-6-9(8)13(17)18(3,15(10)20)19(14,4)23-11/h5,8-14H,6H2,1-4H3/b7-5+/t8-,9+,10-,11-,12+,13-,14-,17+,18+,19-/m1/s1. The first kappa shape index (κ1) is 13.2. The first-order valence-electron chi connectivity index (χ1n) is 8.91. The molecule has 6 aliphatic rings. The lowest BCUT2D eigenvalue weighted by Crippen LogP contribution is -2.58. The maximum atomic E-state index is 13.3. The molecule has 6 rings (SSSR count). The lowest BCUT2D eigenvalue weighted by Gasteiger charge is -2.47. The molecule has 0 radical (unpaired) electrons. The summed E-state index contributed by atoms with van der Waals surface area (Å²) in [5.74, 6) is 2.19. The molecule has 6 fully saturated rings. The average Bonchev–Trinajstić information content (AvgIpc) is 2.87. The van der Waals surface area contributed by atoms with Crippen LogP contribution in [0.1, 0.15) is 34.1 Å². The van der Waals surface area contributed by atoms with Crippen molar-refractivity contribution < 1.29 is 19.1 Å². The Bertz CT molecular complexity index is 740. The van der Waals surface area contributed by atoms with Crippen LogP contribution >= 0.6 is 0 Å². The van der Waals surface area contributed by atoms with Gasteiger partial charge in [-0.2, -0.15) is 0 Å². The molecule has 0 unspecified atom stereocenters. The number of hydrogen-bond donors (Lipinski definition) is 0. The van der Waals surface area contributed by atoms with Gasteiger partial charge in [-0.25, -0.2) is 4.79 Å². The van der Waals surface area contributed by atoms with E-state index in [1.807, 2.05) is 13.0 Å². The number of ketones is 1. The molecule has 2 saturated heterocycles. The van der Waals surface area contributed by atoms with Crippen LogP contribution in [-0.2, 0) is 19.1 Å². The second-order valence-electron chi connectivity index (χ2n) is 9.19.